The first-order chi connectivity index (χ1) is 9.79. The Balaban J connectivity index is 1.78. The molecule has 20 heavy (non-hydrogen) atoms. The first-order valence-corrected chi connectivity index (χ1v) is 7.80. The van der Waals surface area contributed by atoms with Gasteiger partial charge in [-0.1, -0.05) is 19.1 Å². The van der Waals surface area contributed by atoms with Crippen LogP contribution in [0.4, 0.5) is 0 Å². The van der Waals surface area contributed by atoms with Crippen LogP contribution in [0.1, 0.15) is 31.7 Å². The van der Waals surface area contributed by atoms with Crippen LogP contribution in [0.5, 0.6) is 5.75 Å². The molecule has 3 nitrogen and oxygen atoms in total. The maximum atomic E-state index is 5.88. The van der Waals surface area contributed by atoms with E-state index in [9.17, 15) is 0 Å². The molecule has 0 amide bonds. The number of aryl methyl sites for hydroxylation is 1. The zero-order valence-corrected chi connectivity index (χ0v) is 12.7. The smallest absolute Gasteiger partial charge is 0.119 e. The standard InChI is InChI=1S/C17H27NO2/c1-3-9-18-17(15-7-10-19-13-15)8-11-20-16-6-4-5-14(2)12-16/h4-6,12,15,17-18H,3,7-11,13H2,1-2H3. The molecule has 0 spiro atoms. The van der Waals surface area contributed by atoms with Crippen LogP contribution in [0.2, 0.25) is 0 Å². The summed E-state index contributed by atoms with van der Waals surface area (Å²) in [5.74, 6) is 1.62. The van der Waals surface area contributed by atoms with Crippen molar-refractivity contribution >= 4 is 0 Å². The van der Waals surface area contributed by atoms with Crippen molar-refractivity contribution in [3.05, 3.63) is 29.8 Å². The van der Waals surface area contributed by atoms with E-state index in [0.717, 1.165) is 38.5 Å². The SMILES string of the molecule is CCCNC(CCOc1cccc(C)c1)C1CCOC1. The molecule has 112 valence electrons. The average molecular weight is 277 g/mol. The van der Waals surface area contributed by atoms with Crippen molar-refractivity contribution < 1.29 is 9.47 Å². The van der Waals surface area contributed by atoms with Gasteiger partial charge < -0.3 is 14.8 Å². The van der Waals surface area contributed by atoms with E-state index in [4.69, 9.17) is 9.47 Å². The quantitative estimate of drug-likeness (QED) is 0.791. The van der Waals surface area contributed by atoms with Gasteiger partial charge in [-0.2, -0.15) is 0 Å². The van der Waals surface area contributed by atoms with Gasteiger partial charge in [0, 0.05) is 12.6 Å². The molecule has 3 heteroatoms. The fraction of sp³-hybridized carbons (Fsp3) is 0.647. The van der Waals surface area contributed by atoms with Gasteiger partial charge in [0.15, 0.2) is 0 Å². The molecular weight excluding hydrogens is 250 g/mol. The highest BCUT2D eigenvalue weighted by Gasteiger charge is 2.25. The van der Waals surface area contributed by atoms with E-state index in [-0.39, 0.29) is 0 Å². The van der Waals surface area contributed by atoms with E-state index in [0.29, 0.717) is 12.0 Å². The molecule has 0 saturated carbocycles. The van der Waals surface area contributed by atoms with Crippen molar-refractivity contribution in [3.63, 3.8) is 0 Å². The summed E-state index contributed by atoms with van der Waals surface area (Å²) >= 11 is 0. The van der Waals surface area contributed by atoms with Crippen molar-refractivity contribution in [2.75, 3.05) is 26.4 Å². The molecule has 0 aliphatic carbocycles. The van der Waals surface area contributed by atoms with Crippen LogP contribution in [-0.2, 0) is 4.74 Å². The lowest BCUT2D eigenvalue weighted by atomic mass is 9.96. The van der Waals surface area contributed by atoms with Crippen LogP contribution in [0.25, 0.3) is 0 Å². The molecule has 2 atom stereocenters. The van der Waals surface area contributed by atoms with Gasteiger partial charge in [-0.05, 0) is 56.3 Å². The summed E-state index contributed by atoms with van der Waals surface area (Å²) in [7, 11) is 0. The summed E-state index contributed by atoms with van der Waals surface area (Å²) < 4.78 is 11.4. The summed E-state index contributed by atoms with van der Waals surface area (Å²) in [4.78, 5) is 0. The molecule has 0 radical (unpaired) electrons. The second kappa shape index (κ2) is 8.28. The lowest BCUT2D eigenvalue weighted by molar-refractivity contribution is 0.170. The maximum absolute atomic E-state index is 5.88. The van der Waals surface area contributed by atoms with Gasteiger partial charge in [-0.3, -0.25) is 0 Å². The molecule has 0 aromatic heterocycles. The molecule has 2 rings (SSSR count). The third kappa shape index (κ3) is 4.80. The number of hydrogen-bond donors (Lipinski definition) is 1. The van der Waals surface area contributed by atoms with Gasteiger partial charge >= 0.3 is 0 Å². The molecule has 1 heterocycles. The van der Waals surface area contributed by atoms with Crippen molar-refractivity contribution in [2.24, 2.45) is 5.92 Å². The first-order valence-electron chi connectivity index (χ1n) is 7.80. The van der Waals surface area contributed by atoms with Crippen molar-refractivity contribution in [1.29, 1.82) is 0 Å². The Kier molecular flexibility index (Phi) is 6.34. The van der Waals surface area contributed by atoms with Gasteiger partial charge in [0.1, 0.15) is 5.75 Å². The molecular formula is C17H27NO2. The molecule has 1 aromatic carbocycles. The second-order valence-electron chi connectivity index (χ2n) is 5.64. The van der Waals surface area contributed by atoms with E-state index in [2.05, 4.69) is 31.3 Å². The highest BCUT2D eigenvalue weighted by atomic mass is 16.5. The van der Waals surface area contributed by atoms with Crippen LogP contribution in [0.3, 0.4) is 0 Å². The van der Waals surface area contributed by atoms with Crippen LogP contribution in [0.15, 0.2) is 24.3 Å². The highest BCUT2D eigenvalue weighted by molar-refractivity contribution is 5.27. The number of hydrogen-bond acceptors (Lipinski definition) is 3. The fourth-order valence-electron chi connectivity index (χ4n) is 2.71. The normalized spacial score (nSPS) is 20.0. The average Bonchev–Trinajstić information content (AvgIpc) is 2.96. The van der Waals surface area contributed by atoms with Crippen molar-refractivity contribution in [3.8, 4) is 5.75 Å². The molecule has 0 bridgehead atoms. The predicted octanol–water partition coefficient (Wildman–Crippen LogP) is 3.17. The van der Waals surface area contributed by atoms with Crippen LogP contribution < -0.4 is 10.1 Å². The minimum Gasteiger partial charge on any atom is -0.494 e. The van der Waals surface area contributed by atoms with E-state index < -0.39 is 0 Å². The van der Waals surface area contributed by atoms with Gasteiger partial charge in [0.25, 0.3) is 0 Å². The predicted molar refractivity (Wildman–Crippen MR) is 82.3 cm³/mol. The second-order valence-corrected chi connectivity index (χ2v) is 5.64. The fourth-order valence-corrected chi connectivity index (χ4v) is 2.71. The Morgan fingerprint density at radius 3 is 3.05 bits per heavy atom. The molecule has 1 aliphatic heterocycles. The van der Waals surface area contributed by atoms with Crippen LogP contribution >= 0.6 is 0 Å². The summed E-state index contributed by atoms with van der Waals surface area (Å²) in [6.45, 7) is 7.94. The van der Waals surface area contributed by atoms with Gasteiger partial charge in [-0.15, -0.1) is 0 Å². The monoisotopic (exact) mass is 277 g/mol. The van der Waals surface area contributed by atoms with E-state index in [1.807, 2.05) is 12.1 Å². The lowest BCUT2D eigenvalue weighted by Gasteiger charge is -2.23. The van der Waals surface area contributed by atoms with Gasteiger partial charge in [0.05, 0.1) is 13.2 Å². The number of nitrogens with one attached hydrogen (secondary N) is 1. The number of ether oxygens (including phenoxy) is 2. The largest absolute Gasteiger partial charge is 0.494 e. The molecule has 1 saturated heterocycles. The zero-order valence-electron chi connectivity index (χ0n) is 12.7. The number of rotatable bonds is 8. The molecule has 1 fully saturated rings. The van der Waals surface area contributed by atoms with E-state index in [1.54, 1.807) is 0 Å². The topological polar surface area (TPSA) is 30.5 Å². The number of benzene rings is 1. The van der Waals surface area contributed by atoms with Crippen molar-refractivity contribution in [1.82, 2.24) is 5.32 Å². The zero-order chi connectivity index (χ0) is 14.2. The van der Waals surface area contributed by atoms with Crippen LogP contribution in [0, 0.1) is 12.8 Å². The third-order valence-corrected chi connectivity index (χ3v) is 3.88. The molecule has 1 aliphatic rings. The summed E-state index contributed by atoms with van der Waals surface area (Å²) in [6.07, 6.45) is 3.39. The Labute approximate surface area is 122 Å². The molecule has 2 unspecified atom stereocenters. The van der Waals surface area contributed by atoms with Gasteiger partial charge in [0.2, 0.25) is 0 Å². The Hall–Kier alpha value is -1.06. The Morgan fingerprint density at radius 1 is 1.45 bits per heavy atom. The first kappa shape index (κ1) is 15.3. The minimum absolute atomic E-state index is 0.516. The maximum Gasteiger partial charge on any atom is 0.119 e. The minimum atomic E-state index is 0.516. The third-order valence-electron chi connectivity index (χ3n) is 3.88. The lowest BCUT2D eigenvalue weighted by Crippen LogP contribution is -2.38. The Morgan fingerprint density at radius 2 is 2.35 bits per heavy atom. The van der Waals surface area contributed by atoms with Crippen molar-refractivity contribution in [2.45, 2.75) is 39.2 Å². The molecule has 1 aromatic rings. The van der Waals surface area contributed by atoms with E-state index >= 15 is 0 Å². The summed E-state index contributed by atoms with van der Waals surface area (Å²) in [6, 6.07) is 8.77. The summed E-state index contributed by atoms with van der Waals surface area (Å²) in [5, 5.41) is 3.65. The summed E-state index contributed by atoms with van der Waals surface area (Å²) in [5.41, 5.74) is 1.24. The van der Waals surface area contributed by atoms with Gasteiger partial charge in [-0.25, -0.2) is 0 Å². The highest BCUT2D eigenvalue weighted by Crippen LogP contribution is 2.20. The van der Waals surface area contributed by atoms with Crippen LogP contribution in [-0.4, -0.2) is 32.4 Å². The Bertz CT molecular complexity index is 388. The van der Waals surface area contributed by atoms with E-state index in [1.165, 1.54) is 18.4 Å². The molecule has 1 N–H and O–H groups in total.